The third-order valence-corrected chi connectivity index (χ3v) is 6.62. The highest BCUT2D eigenvalue weighted by Crippen LogP contribution is 2.29. The zero-order valence-corrected chi connectivity index (χ0v) is 20.4. The molecule has 0 unspecified atom stereocenters. The highest BCUT2D eigenvalue weighted by atomic mass is 19.1. The molecule has 5 rings (SSSR count). The maximum absolute atomic E-state index is 13.8. The fraction of sp³-hybridized carbons (Fsp3) is 0.172. The Balaban J connectivity index is 1.64. The van der Waals surface area contributed by atoms with Gasteiger partial charge in [-0.3, -0.25) is 23.5 Å². The first-order chi connectivity index (χ1) is 17.9. The molecule has 1 atom stereocenters. The van der Waals surface area contributed by atoms with Crippen molar-refractivity contribution >= 4 is 39.4 Å². The molecule has 0 saturated heterocycles. The van der Waals surface area contributed by atoms with Gasteiger partial charge in [-0.15, -0.1) is 0 Å². The number of aromatic nitrogens is 3. The Morgan fingerprint density at radius 2 is 1.54 bits per heavy atom. The molecule has 7 nitrogen and oxygen atoms in total. The summed E-state index contributed by atoms with van der Waals surface area (Å²) in [5.74, 6) is -1.57. The molecular weight excluding hydrogens is 471 g/mol. The van der Waals surface area contributed by atoms with Crippen molar-refractivity contribution in [1.82, 2.24) is 14.1 Å². The summed E-state index contributed by atoms with van der Waals surface area (Å²) in [5.41, 5.74) is 1.68. The number of rotatable bonds is 6. The predicted molar refractivity (Wildman–Crippen MR) is 142 cm³/mol. The van der Waals surface area contributed by atoms with Crippen molar-refractivity contribution in [1.29, 1.82) is 0 Å². The molecule has 0 aliphatic heterocycles. The summed E-state index contributed by atoms with van der Waals surface area (Å²) in [6, 6.07) is 20.8. The van der Waals surface area contributed by atoms with Crippen LogP contribution in [-0.2, 0) is 11.3 Å². The number of nitrogens with one attached hydrogen (secondary N) is 1. The van der Waals surface area contributed by atoms with Gasteiger partial charge in [-0.25, -0.2) is 9.37 Å². The van der Waals surface area contributed by atoms with Crippen LogP contribution in [0.25, 0.3) is 33.1 Å². The Morgan fingerprint density at radius 3 is 2.14 bits per heavy atom. The fourth-order valence-electron chi connectivity index (χ4n) is 4.40. The summed E-state index contributed by atoms with van der Waals surface area (Å²) in [5, 5.41) is 4.44. The minimum Gasteiger partial charge on any atom is -0.306 e. The lowest BCUT2D eigenvalue weighted by atomic mass is 10.1. The number of fused-ring (bicyclic) bond motifs is 3. The van der Waals surface area contributed by atoms with Crippen molar-refractivity contribution in [3.63, 3.8) is 0 Å². The van der Waals surface area contributed by atoms with Crippen LogP contribution in [-0.4, -0.2) is 25.9 Å². The first-order valence-corrected chi connectivity index (χ1v) is 12.1. The maximum Gasteiger partial charge on any atom is 0.294 e. The molecule has 0 saturated carbocycles. The van der Waals surface area contributed by atoms with Crippen molar-refractivity contribution in [2.75, 3.05) is 5.32 Å². The number of carbonyl (C=O) groups excluding carboxylic acids is 2. The highest BCUT2D eigenvalue weighted by Gasteiger charge is 2.21. The van der Waals surface area contributed by atoms with E-state index in [-0.39, 0.29) is 30.1 Å². The molecule has 5 aromatic rings. The Labute approximate surface area is 212 Å². The first kappa shape index (κ1) is 24.1. The van der Waals surface area contributed by atoms with Crippen LogP contribution < -0.4 is 10.9 Å². The topological polar surface area (TPSA) is 86.0 Å². The molecule has 0 aliphatic rings. The normalized spacial score (nSPS) is 12.1. The number of carbonyl (C=O) groups is 2. The van der Waals surface area contributed by atoms with E-state index in [9.17, 15) is 18.8 Å². The molecule has 1 N–H and O–H groups in total. The monoisotopic (exact) mass is 496 g/mol. The number of halogens is 1. The number of benzene rings is 3. The lowest BCUT2D eigenvalue weighted by Gasteiger charge is -2.16. The summed E-state index contributed by atoms with van der Waals surface area (Å²) in [7, 11) is 0. The van der Waals surface area contributed by atoms with Gasteiger partial charge in [0.05, 0.1) is 22.9 Å². The SMILES string of the molecule is CC[C@@H](C)C(=O)Nc1ncc(-c2ccc(F)cc2)n(CC(=O)n2c3ccccc3c3ccccc32)c1=O. The standard InChI is InChI=1S/C29H25FN4O3/c1-3-18(2)28(36)32-27-29(37)33(25(16-31-27)19-12-14-20(30)15-13-19)17-26(35)34-23-10-6-4-8-21(23)22-9-5-7-11-24(22)34/h4-16,18H,3,17H2,1-2H3,(H,31,32,36)/t18-/m1/s1. The molecule has 186 valence electrons. The van der Waals surface area contributed by atoms with Gasteiger partial charge in [0, 0.05) is 22.3 Å². The van der Waals surface area contributed by atoms with E-state index in [2.05, 4.69) is 10.3 Å². The summed E-state index contributed by atoms with van der Waals surface area (Å²) >= 11 is 0. The Morgan fingerprint density at radius 1 is 0.946 bits per heavy atom. The molecule has 37 heavy (non-hydrogen) atoms. The van der Waals surface area contributed by atoms with Crippen LogP contribution in [0.15, 0.2) is 83.8 Å². The summed E-state index contributed by atoms with van der Waals surface area (Å²) in [6.07, 6.45) is 2.01. The Bertz CT molecular complexity index is 1650. The van der Waals surface area contributed by atoms with Gasteiger partial charge < -0.3 is 5.32 Å². The van der Waals surface area contributed by atoms with Crippen LogP contribution in [0.1, 0.15) is 25.1 Å². The fourth-order valence-corrected chi connectivity index (χ4v) is 4.40. The van der Waals surface area contributed by atoms with E-state index < -0.39 is 11.4 Å². The molecule has 0 bridgehead atoms. The second kappa shape index (κ2) is 9.81. The van der Waals surface area contributed by atoms with Crippen molar-refractivity contribution < 1.29 is 14.0 Å². The van der Waals surface area contributed by atoms with Crippen molar-refractivity contribution in [2.45, 2.75) is 26.8 Å². The smallest absolute Gasteiger partial charge is 0.294 e. The third kappa shape index (κ3) is 4.42. The van der Waals surface area contributed by atoms with E-state index in [0.29, 0.717) is 17.7 Å². The van der Waals surface area contributed by atoms with Crippen molar-refractivity contribution in [3.05, 3.63) is 95.2 Å². The van der Waals surface area contributed by atoms with Gasteiger partial charge in [-0.2, -0.15) is 0 Å². The van der Waals surface area contributed by atoms with Crippen molar-refractivity contribution in [2.24, 2.45) is 5.92 Å². The van der Waals surface area contributed by atoms with Crippen molar-refractivity contribution in [3.8, 4) is 11.3 Å². The quantitative estimate of drug-likeness (QED) is 0.337. The summed E-state index contributed by atoms with van der Waals surface area (Å²) in [6.45, 7) is 3.31. The molecule has 0 radical (unpaired) electrons. The van der Waals surface area contributed by atoms with E-state index in [1.54, 1.807) is 11.5 Å². The van der Waals surface area contributed by atoms with E-state index in [4.69, 9.17) is 0 Å². The van der Waals surface area contributed by atoms with Gasteiger partial charge in [-0.1, -0.05) is 50.2 Å². The average Bonchev–Trinajstić information content (AvgIpc) is 3.25. The molecule has 2 heterocycles. The summed E-state index contributed by atoms with van der Waals surface area (Å²) in [4.78, 5) is 44.1. The van der Waals surface area contributed by atoms with E-state index in [0.717, 1.165) is 21.8 Å². The molecule has 0 aliphatic carbocycles. The molecule has 1 amide bonds. The number of para-hydroxylation sites is 2. The second-order valence-electron chi connectivity index (χ2n) is 8.95. The van der Waals surface area contributed by atoms with E-state index >= 15 is 0 Å². The van der Waals surface area contributed by atoms with Gasteiger partial charge in [-0.05, 0) is 42.8 Å². The Hall–Kier alpha value is -4.59. The molecular formula is C29H25FN4O3. The second-order valence-corrected chi connectivity index (χ2v) is 8.95. The number of hydrogen-bond donors (Lipinski definition) is 1. The van der Waals surface area contributed by atoms with Crippen LogP contribution in [0.5, 0.6) is 0 Å². The van der Waals surface area contributed by atoms with E-state index in [1.165, 1.54) is 35.0 Å². The van der Waals surface area contributed by atoms with Crippen LogP contribution in [0.4, 0.5) is 10.2 Å². The van der Waals surface area contributed by atoms with Crippen LogP contribution in [0.3, 0.4) is 0 Å². The molecule has 2 aromatic heterocycles. The average molecular weight is 497 g/mol. The van der Waals surface area contributed by atoms with Gasteiger partial charge in [0.15, 0.2) is 5.82 Å². The predicted octanol–water partition coefficient (Wildman–Crippen LogP) is 5.48. The molecule has 3 aromatic carbocycles. The molecule has 0 fully saturated rings. The zero-order chi connectivity index (χ0) is 26.1. The van der Waals surface area contributed by atoms with Gasteiger partial charge in [0.25, 0.3) is 11.5 Å². The Kier molecular flexibility index (Phi) is 6.40. The molecule has 8 heteroatoms. The van der Waals surface area contributed by atoms with Crippen LogP contribution in [0, 0.1) is 11.7 Å². The largest absolute Gasteiger partial charge is 0.306 e. The van der Waals surface area contributed by atoms with Gasteiger partial charge in [0.2, 0.25) is 5.91 Å². The number of nitrogens with zero attached hydrogens (tertiary/aromatic N) is 3. The maximum atomic E-state index is 13.8. The first-order valence-electron chi connectivity index (χ1n) is 12.1. The summed E-state index contributed by atoms with van der Waals surface area (Å²) < 4.78 is 16.5. The van der Waals surface area contributed by atoms with Crippen LogP contribution in [0.2, 0.25) is 0 Å². The number of anilines is 1. The minimum absolute atomic E-state index is 0.161. The highest BCUT2D eigenvalue weighted by molar-refractivity contribution is 6.13. The third-order valence-electron chi connectivity index (χ3n) is 6.62. The van der Waals surface area contributed by atoms with Crippen LogP contribution >= 0.6 is 0 Å². The zero-order valence-electron chi connectivity index (χ0n) is 20.4. The lowest BCUT2D eigenvalue weighted by molar-refractivity contribution is -0.119. The number of amides is 1. The van der Waals surface area contributed by atoms with Gasteiger partial charge in [0.1, 0.15) is 12.4 Å². The van der Waals surface area contributed by atoms with E-state index in [1.807, 2.05) is 55.5 Å². The van der Waals surface area contributed by atoms with Gasteiger partial charge >= 0.3 is 0 Å². The minimum atomic E-state index is -0.618. The lowest BCUT2D eigenvalue weighted by Crippen LogP contribution is -2.33. The number of hydrogen-bond acceptors (Lipinski definition) is 4. The molecule has 0 spiro atoms.